The monoisotopic (exact) mass is 375 g/mol. The van der Waals surface area contributed by atoms with Gasteiger partial charge in [0.2, 0.25) is 0 Å². The van der Waals surface area contributed by atoms with Gasteiger partial charge in [0.05, 0.1) is 14.2 Å². The second kappa shape index (κ2) is 9.31. The van der Waals surface area contributed by atoms with Crippen molar-refractivity contribution in [1.82, 2.24) is 15.1 Å². The summed E-state index contributed by atoms with van der Waals surface area (Å²) in [4.78, 5) is 16.8. The van der Waals surface area contributed by atoms with Crippen LogP contribution in [-0.4, -0.2) is 69.3 Å². The maximum absolute atomic E-state index is 12.3. The van der Waals surface area contributed by atoms with E-state index in [0.717, 1.165) is 44.1 Å². The van der Waals surface area contributed by atoms with Crippen molar-refractivity contribution >= 4 is 6.03 Å². The van der Waals surface area contributed by atoms with Crippen molar-refractivity contribution in [2.24, 2.45) is 11.8 Å². The average molecular weight is 376 g/mol. The van der Waals surface area contributed by atoms with E-state index in [1.165, 1.54) is 31.5 Å². The number of hydrogen-bond acceptors (Lipinski definition) is 4. The molecule has 0 bridgehead atoms. The van der Waals surface area contributed by atoms with E-state index in [2.05, 4.69) is 17.1 Å². The number of rotatable bonds is 8. The summed E-state index contributed by atoms with van der Waals surface area (Å²) in [6.07, 6.45) is 3.33. The van der Waals surface area contributed by atoms with Crippen LogP contribution in [-0.2, 0) is 6.42 Å². The van der Waals surface area contributed by atoms with Crippen molar-refractivity contribution in [1.29, 1.82) is 0 Å². The zero-order chi connectivity index (χ0) is 19.2. The third-order valence-electron chi connectivity index (χ3n) is 5.63. The minimum absolute atomic E-state index is 0.0865. The van der Waals surface area contributed by atoms with Gasteiger partial charge in [-0.1, -0.05) is 6.92 Å². The third kappa shape index (κ3) is 5.28. The second-order valence-corrected chi connectivity index (χ2v) is 7.84. The van der Waals surface area contributed by atoms with Gasteiger partial charge < -0.3 is 24.6 Å². The van der Waals surface area contributed by atoms with Gasteiger partial charge >= 0.3 is 6.03 Å². The first-order valence-electron chi connectivity index (χ1n) is 10.1. The smallest absolute Gasteiger partial charge is 0.317 e. The van der Waals surface area contributed by atoms with Gasteiger partial charge in [0, 0.05) is 32.2 Å². The fourth-order valence-electron chi connectivity index (χ4n) is 4.12. The number of amides is 2. The van der Waals surface area contributed by atoms with Gasteiger partial charge in [0.15, 0.2) is 0 Å². The number of benzene rings is 1. The number of nitrogens with one attached hydrogen (secondary N) is 1. The molecule has 6 nitrogen and oxygen atoms in total. The third-order valence-corrected chi connectivity index (χ3v) is 5.63. The highest BCUT2D eigenvalue weighted by molar-refractivity contribution is 5.75. The molecule has 0 aliphatic carbocycles. The largest absolute Gasteiger partial charge is 0.497 e. The Kier molecular flexibility index (Phi) is 6.83. The Labute approximate surface area is 162 Å². The maximum atomic E-state index is 12.3. The van der Waals surface area contributed by atoms with Crippen LogP contribution in [0, 0.1) is 11.8 Å². The van der Waals surface area contributed by atoms with Crippen LogP contribution in [0.4, 0.5) is 4.79 Å². The van der Waals surface area contributed by atoms with Gasteiger partial charge in [0.1, 0.15) is 11.5 Å². The molecule has 1 aromatic carbocycles. The molecular formula is C21H33N3O3. The summed E-state index contributed by atoms with van der Waals surface area (Å²) in [5.41, 5.74) is 1.19. The van der Waals surface area contributed by atoms with E-state index in [-0.39, 0.29) is 6.03 Å². The molecule has 27 heavy (non-hydrogen) atoms. The molecule has 1 N–H and O–H groups in total. The molecule has 2 aliphatic heterocycles. The molecule has 2 aliphatic rings. The average Bonchev–Trinajstić information content (AvgIpc) is 3.10. The van der Waals surface area contributed by atoms with E-state index in [1.807, 2.05) is 23.1 Å². The van der Waals surface area contributed by atoms with Crippen molar-refractivity contribution in [2.75, 3.05) is 53.5 Å². The molecule has 2 heterocycles. The highest BCUT2D eigenvalue weighted by Crippen LogP contribution is 2.27. The number of carbonyl (C=O) groups excluding carboxylic acids is 1. The fourth-order valence-corrected chi connectivity index (χ4v) is 4.12. The van der Waals surface area contributed by atoms with Crippen LogP contribution in [0.1, 0.15) is 25.3 Å². The summed E-state index contributed by atoms with van der Waals surface area (Å²) in [5, 5.41) is 3.13. The maximum Gasteiger partial charge on any atom is 0.317 e. The lowest BCUT2D eigenvalue weighted by molar-refractivity contribution is 0.119. The molecule has 1 atom stereocenters. The van der Waals surface area contributed by atoms with E-state index in [4.69, 9.17) is 9.47 Å². The highest BCUT2D eigenvalue weighted by Gasteiger charge is 2.31. The van der Waals surface area contributed by atoms with Gasteiger partial charge in [-0.3, -0.25) is 0 Å². The Morgan fingerprint density at radius 1 is 1.11 bits per heavy atom. The zero-order valence-electron chi connectivity index (χ0n) is 16.9. The predicted octanol–water partition coefficient (Wildman–Crippen LogP) is 2.62. The van der Waals surface area contributed by atoms with Gasteiger partial charge in [-0.2, -0.15) is 0 Å². The fraction of sp³-hybridized carbons (Fsp3) is 0.667. The molecule has 0 radical (unpaired) electrons. The van der Waals surface area contributed by atoms with Gasteiger partial charge in [0.25, 0.3) is 0 Å². The number of methoxy groups -OCH3 is 2. The van der Waals surface area contributed by atoms with E-state index < -0.39 is 0 Å². The number of likely N-dealkylation sites (tertiary alicyclic amines) is 2. The van der Waals surface area contributed by atoms with Crippen LogP contribution in [0.2, 0.25) is 0 Å². The summed E-state index contributed by atoms with van der Waals surface area (Å²) >= 11 is 0. The molecule has 6 heteroatoms. The Morgan fingerprint density at radius 3 is 2.44 bits per heavy atom. The van der Waals surface area contributed by atoms with E-state index in [1.54, 1.807) is 14.2 Å². The number of ether oxygens (including phenoxy) is 2. The molecule has 2 fully saturated rings. The zero-order valence-corrected chi connectivity index (χ0v) is 16.9. The van der Waals surface area contributed by atoms with Gasteiger partial charge in [-0.15, -0.1) is 0 Å². The first kappa shape index (κ1) is 19.8. The minimum Gasteiger partial charge on any atom is -0.497 e. The Morgan fingerprint density at radius 2 is 1.81 bits per heavy atom. The lowest BCUT2D eigenvalue weighted by Crippen LogP contribution is -2.54. The van der Waals surface area contributed by atoms with Crippen LogP contribution in [0.25, 0.3) is 0 Å². The summed E-state index contributed by atoms with van der Waals surface area (Å²) in [7, 11) is 3.33. The lowest BCUT2D eigenvalue weighted by atomic mass is 9.92. The molecular weight excluding hydrogens is 342 g/mol. The molecule has 0 saturated carbocycles. The molecule has 0 spiro atoms. The van der Waals surface area contributed by atoms with Crippen molar-refractivity contribution in [3.8, 4) is 11.5 Å². The lowest BCUT2D eigenvalue weighted by Gasteiger charge is -2.39. The number of hydrogen-bond donors (Lipinski definition) is 1. The van der Waals surface area contributed by atoms with Crippen molar-refractivity contribution in [2.45, 2.75) is 26.2 Å². The summed E-state index contributed by atoms with van der Waals surface area (Å²) in [6.45, 7) is 8.12. The van der Waals surface area contributed by atoms with Crippen LogP contribution in [0.15, 0.2) is 18.2 Å². The van der Waals surface area contributed by atoms with Crippen LogP contribution >= 0.6 is 0 Å². The van der Waals surface area contributed by atoms with Crippen molar-refractivity contribution < 1.29 is 14.3 Å². The normalized spacial score (nSPS) is 20.4. The van der Waals surface area contributed by atoms with Crippen molar-refractivity contribution in [3.63, 3.8) is 0 Å². The van der Waals surface area contributed by atoms with Gasteiger partial charge in [-0.05, 0) is 61.9 Å². The van der Waals surface area contributed by atoms with Crippen LogP contribution in [0.5, 0.6) is 11.5 Å². The molecule has 150 valence electrons. The van der Waals surface area contributed by atoms with E-state index in [0.29, 0.717) is 11.8 Å². The molecule has 1 aromatic rings. The number of urea groups is 1. The first-order valence-corrected chi connectivity index (χ1v) is 10.1. The standard InChI is InChI=1S/C21H33N3O3/c1-4-6-23-7-5-16(13-23)12-22-21(25)24-14-18(15-24)8-17-9-19(26-2)11-20(10-17)27-3/h9-11,16,18H,4-8,12-15H2,1-3H3,(H,22,25). The Hall–Kier alpha value is -1.95. The summed E-state index contributed by atoms with van der Waals surface area (Å²) in [5.74, 6) is 2.72. The molecule has 2 amide bonds. The van der Waals surface area contributed by atoms with Crippen molar-refractivity contribution in [3.05, 3.63) is 23.8 Å². The Balaban J connectivity index is 1.39. The first-order chi connectivity index (χ1) is 13.1. The molecule has 1 unspecified atom stereocenters. The van der Waals surface area contributed by atoms with E-state index >= 15 is 0 Å². The van der Waals surface area contributed by atoms with Crippen LogP contribution < -0.4 is 14.8 Å². The summed E-state index contributed by atoms with van der Waals surface area (Å²) in [6, 6.07) is 6.07. The van der Waals surface area contributed by atoms with Gasteiger partial charge in [-0.25, -0.2) is 4.79 Å². The molecule has 3 rings (SSSR count). The second-order valence-electron chi connectivity index (χ2n) is 7.84. The minimum atomic E-state index is 0.0865. The van der Waals surface area contributed by atoms with Crippen LogP contribution in [0.3, 0.4) is 0 Å². The highest BCUT2D eigenvalue weighted by atomic mass is 16.5. The number of carbonyl (C=O) groups is 1. The van der Waals surface area contributed by atoms with E-state index in [9.17, 15) is 4.79 Å². The predicted molar refractivity (Wildman–Crippen MR) is 107 cm³/mol. The SMILES string of the molecule is CCCN1CCC(CNC(=O)N2CC(Cc3cc(OC)cc(OC)c3)C2)C1. The summed E-state index contributed by atoms with van der Waals surface area (Å²) < 4.78 is 10.7. The quantitative estimate of drug-likeness (QED) is 0.759. The molecule has 2 saturated heterocycles. The Bertz CT molecular complexity index is 609. The number of nitrogens with zero attached hydrogens (tertiary/aromatic N) is 2. The topological polar surface area (TPSA) is 54.0 Å². The molecule has 0 aromatic heterocycles.